The second-order valence-corrected chi connectivity index (χ2v) is 4.64. The highest BCUT2D eigenvalue weighted by molar-refractivity contribution is 5.44. The van der Waals surface area contributed by atoms with Gasteiger partial charge in [-0.25, -0.2) is 0 Å². The van der Waals surface area contributed by atoms with Gasteiger partial charge in [-0.3, -0.25) is 0 Å². The lowest BCUT2D eigenvalue weighted by molar-refractivity contribution is 0.146. The summed E-state index contributed by atoms with van der Waals surface area (Å²) in [6.07, 6.45) is 2.58. The number of para-hydroxylation sites is 1. The number of fused-ring (bicyclic) bond motifs is 3. The van der Waals surface area contributed by atoms with Crippen LogP contribution in [0.3, 0.4) is 0 Å². The zero-order valence-electron chi connectivity index (χ0n) is 9.12. The normalized spacial score (nSPS) is 28.9. The second-order valence-electron chi connectivity index (χ2n) is 4.64. The van der Waals surface area contributed by atoms with E-state index in [1.165, 1.54) is 24.0 Å². The quantitative estimate of drug-likeness (QED) is 0.699. The van der Waals surface area contributed by atoms with Crippen molar-refractivity contribution in [2.24, 2.45) is 5.92 Å². The average molecular weight is 203 g/mol. The largest absolute Gasteiger partial charge is 0.493 e. The van der Waals surface area contributed by atoms with Crippen LogP contribution in [0.2, 0.25) is 0 Å². The summed E-state index contributed by atoms with van der Waals surface area (Å²) in [5, 5.41) is 3.62. The van der Waals surface area contributed by atoms with Gasteiger partial charge >= 0.3 is 0 Å². The van der Waals surface area contributed by atoms with Gasteiger partial charge in [-0.2, -0.15) is 0 Å². The predicted molar refractivity (Wildman–Crippen MR) is 60.1 cm³/mol. The first-order chi connectivity index (χ1) is 7.36. The molecule has 2 atom stereocenters. The van der Waals surface area contributed by atoms with Crippen molar-refractivity contribution in [3.63, 3.8) is 0 Å². The molecule has 1 aromatic rings. The first kappa shape index (κ1) is 9.22. The van der Waals surface area contributed by atoms with Crippen molar-refractivity contribution in [1.82, 2.24) is 5.32 Å². The number of aryl methyl sites for hydroxylation is 1. The van der Waals surface area contributed by atoms with Crippen LogP contribution in [0, 0.1) is 12.8 Å². The molecule has 0 amide bonds. The van der Waals surface area contributed by atoms with E-state index < -0.39 is 0 Å². The van der Waals surface area contributed by atoms with Crippen molar-refractivity contribution in [1.29, 1.82) is 0 Å². The summed E-state index contributed by atoms with van der Waals surface area (Å²) in [6.45, 7) is 4.16. The third-order valence-electron chi connectivity index (χ3n) is 3.61. The van der Waals surface area contributed by atoms with Gasteiger partial charge < -0.3 is 10.1 Å². The van der Waals surface area contributed by atoms with E-state index >= 15 is 0 Å². The molecule has 2 aliphatic rings. The van der Waals surface area contributed by atoms with E-state index in [4.69, 9.17) is 4.74 Å². The Morgan fingerprint density at radius 1 is 1.40 bits per heavy atom. The van der Waals surface area contributed by atoms with Crippen molar-refractivity contribution in [2.45, 2.75) is 25.8 Å². The average Bonchev–Trinajstić information content (AvgIpc) is 2.29. The molecule has 15 heavy (non-hydrogen) atoms. The maximum absolute atomic E-state index is 5.88. The summed E-state index contributed by atoms with van der Waals surface area (Å²) >= 11 is 0. The van der Waals surface area contributed by atoms with Gasteiger partial charge in [0, 0.05) is 17.5 Å². The van der Waals surface area contributed by atoms with Gasteiger partial charge in [0.05, 0.1) is 6.61 Å². The van der Waals surface area contributed by atoms with Crippen LogP contribution in [0.1, 0.15) is 30.0 Å². The monoisotopic (exact) mass is 203 g/mol. The minimum absolute atomic E-state index is 0.530. The summed E-state index contributed by atoms with van der Waals surface area (Å²) in [5.41, 5.74) is 2.63. The Bertz CT molecular complexity index is 375. The lowest BCUT2D eigenvalue weighted by Gasteiger charge is -2.38. The van der Waals surface area contributed by atoms with Crippen molar-refractivity contribution < 1.29 is 4.74 Å². The van der Waals surface area contributed by atoms with E-state index in [1.807, 2.05) is 0 Å². The molecule has 2 unspecified atom stereocenters. The Balaban J connectivity index is 2.03. The number of rotatable bonds is 0. The van der Waals surface area contributed by atoms with Gasteiger partial charge in [-0.15, -0.1) is 0 Å². The maximum atomic E-state index is 5.88. The fraction of sp³-hybridized carbons (Fsp3) is 0.538. The number of piperidine rings is 1. The topological polar surface area (TPSA) is 21.3 Å². The Kier molecular flexibility index (Phi) is 2.17. The molecule has 0 aliphatic carbocycles. The van der Waals surface area contributed by atoms with Crippen LogP contribution in [0.4, 0.5) is 0 Å². The summed E-state index contributed by atoms with van der Waals surface area (Å²) in [7, 11) is 0. The van der Waals surface area contributed by atoms with Gasteiger partial charge in [0.15, 0.2) is 0 Å². The molecular formula is C13H17NO. The van der Waals surface area contributed by atoms with Gasteiger partial charge in [0.1, 0.15) is 5.75 Å². The molecule has 1 aromatic carbocycles. The Morgan fingerprint density at radius 2 is 2.33 bits per heavy atom. The van der Waals surface area contributed by atoms with Crippen molar-refractivity contribution in [3.05, 3.63) is 29.3 Å². The van der Waals surface area contributed by atoms with Crippen LogP contribution in [-0.4, -0.2) is 13.2 Å². The third-order valence-corrected chi connectivity index (χ3v) is 3.61. The molecule has 0 aromatic heterocycles. The highest BCUT2D eigenvalue weighted by Crippen LogP contribution is 2.40. The van der Waals surface area contributed by atoms with Gasteiger partial charge in [0.25, 0.3) is 0 Å². The van der Waals surface area contributed by atoms with Gasteiger partial charge in [0.2, 0.25) is 0 Å². The minimum Gasteiger partial charge on any atom is -0.493 e. The predicted octanol–water partition coefficient (Wildman–Crippen LogP) is 2.43. The Morgan fingerprint density at radius 3 is 3.27 bits per heavy atom. The van der Waals surface area contributed by atoms with Crippen LogP contribution < -0.4 is 10.1 Å². The van der Waals surface area contributed by atoms with Crippen molar-refractivity contribution >= 4 is 0 Å². The number of ether oxygens (including phenoxy) is 1. The highest BCUT2D eigenvalue weighted by Gasteiger charge is 2.32. The first-order valence-electron chi connectivity index (χ1n) is 5.82. The van der Waals surface area contributed by atoms with E-state index in [9.17, 15) is 0 Å². The molecule has 2 nitrogen and oxygen atoms in total. The molecule has 2 heteroatoms. The van der Waals surface area contributed by atoms with Gasteiger partial charge in [-0.1, -0.05) is 18.2 Å². The SMILES string of the molecule is Cc1cccc2c1OCC1CCCNC21. The Labute approximate surface area is 90.6 Å². The van der Waals surface area contributed by atoms with Crippen LogP contribution in [-0.2, 0) is 0 Å². The smallest absolute Gasteiger partial charge is 0.126 e. The minimum atomic E-state index is 0.530. The van der Waals surface area contributed by atoms with Gasteiger partial charge in [-0.05, 0) is 31.9 Å². The number of nitrogens with one attached hydrogen (secondary N) is 1. The van der Waals surface area contributed by atoms with Crippen LogP contribution in [0.15, 0.2) is 18.2 Å². The van der Waals surface area contributed by atoms with E-state index in [2.05, 4.69) is 30.4 Å². The van der Waals surface area contributed by atoms with Crippen molar-refractivity contribution in [2.75, 3.05) is 13.2 Å². The van der Waals surface area contributed by atoms with E-state index in [0.29, 0.717) is 12.0 Å². The van der Waals surface area contributed by atoms with Crippen LogP contribution >= 0.6 is 0 Å². The fourth-order valence-corrected chi connectivity index (χ4v) is 2.81. The summed E-state index contributed by atoms with van der Waals surface area (Å²) in [6, 6.07) is 7.00. The first-order valence-corrected chi connectivity index (χ1v) is 5.82. The molecule has 2 heterocycles. The number of benzene rings is 1. The molecule has 1 N–H and O–H groups in total. The van der Waals surface area contributed by atoms with Crippen LogP contribution in [0.5, 0.6) is 5.75 Å². The standard InChI is InChI=1S/C13H17NO/c1-9-4-2-6-11-12-10(5-3-7-14-12)8-15-13(9)11/h2,4,6,10,12,14H,3,5,7-8H2,1H3. The molecule has 1 fully saturated rings. The molecule has 0 spiro atoms. The Hall–Kier alpha value is -1.02. The molecular weight excluding hydrogens is 186 g/mol. The molecule has 0 bridgehead atoms. The molecule has 3 rings (SSSR count). The number of hydrogen-bond acceptors (Lipinski definition) is 2. The lowest BCUT2D eigenvalue weighted by atomic mass is 9.84. The van der Waals surface area contributed by atoms with E-state index in [1.54, 1.807) is 0 Å². The molecule has 0 radical (unpaired) electrons. The highest BCUT2D eigenvalue weighted by atomic mass is 16.5. The summed E-state index contributed by atoms with van der Waals surface area (Å²) in [4.78, 5) is 0. The third kappa shape index (κ3) is 1.44. The maximum Gasteiger partial charge on any atom is 0.126 e. The molecule has 1 saturated heterocycles. The summed E-state index contributed by atoms with van der Waals surface area (Å²) < 4.78 is 5.88. The van der Waals surface area contributed by atoms with Crippen molar-refractivity contribution in [3.8, 4) is 5.75 Å². The van der Waals surface area contributed by atoms with E-state index in [0.717, 1.165) is 18.9 Å². The molecule has 80 valence electrons. The lowest BCUT2D eigenvalue weighted by Crippen LogP contribution is -2.40. The summed E-state index contributed by atoms with van der Waals surface area (Å²) in [5.74, 6) is 1.79. The van der Waals surface area contributed by atoms with E-state index in [-0.39, 0.29) is 0 Å². The zero-order valence-corrected chi connectivity index (χ0v) is 9.12. The van der Waals surface area contributed by atoms with Crippen LogP contribution in [0.25, 0.3) is 0 Å². The second kappa shape index (κ2) is 3.53. The number of hydrogen-bond donors (Lipinski definition) is 1. The fourth-order valence-electron chi connectivity index (χ4n) is 2.81. The molecule has 0 saturated carbocycles. The zero-order chi connectivity index (χ0) is 10.3. The molecule has 2 aliphatic heterocycles.